The molecule has 4 atom stereocenters. The third-order valence-electron chi connectivity index (χ3n) is 2.09. The highest BCUT2D eigenvalue weighted by molar-refractivity contribution is 7.19. The lowest BCUT2D eigenvalue weighted by molar-refractivity contribution is 0.648. The van der Waals surface area contributed by atoms with Gasteiger partial charge in [-0.15, -0.1) is 31.6 Å². The summed E-state index contributed by atoms with van der Waals surface area (Å²) in [6.07, 6.45) is 10.0. The SMILES string of the molecule is C=CCCC(P)CC(P)CCC=C. The van der Waals surface area contributed by atoms with Crippen molar-refractivity contribution in [3.63, 3.8) is 0 Å². The lowest BCUT2D eigenvalue weighted by Crippen LogP contribution is -2.07. The Labute approximate surface area is 87.7 Å². The maximum Gasteiger partial charge on any atom is -0.0255 e. The lowest BCUT2D eigenvalue weighted by atomic mass is 10.1. The lowest BCUT2D eigenvalue weighted by Gasteiger charge is -2.15. The van der Waals surface area contributed by atoms with Crippen molar-refractivity contribution >= 4 is 18.5 Å². The molecule has 0 aliphatic rings. The standard InChI is InChI=1S/C11H22P2/c1-3-5-7-10(12)9-11(13)8-6-4-2/h3-4,10-11H,1-2,5-9,12-13H2. The summed E-state index contributed by atoms with van der Waals surface area (Å²) >= 11 is 0. The molecular weight excluding hydrogens is 194 g/mol. The molecule has 13 heavy (non-hydrogen) atoms. The van der Waals surface area contributed by atoms with Gasteiger partial charge in [-0.05, 0) is 43.4 Å². The summed E-state index contributed by atoms with van der Waals surface area (Å²) < 4.78 is 0. The van der Waals surface area contributed by atoms with E-state index in [1.54, 1.807) is 0 Å². The largest absolute Gasteiger partial charge is 0.134 e. The average Bonchev–Trinajstić information content (AvgIpc) is 2.11. The Bertz CT molecular complexity index is 127. The minimum absolute atomic E-state index is 0.741. The minimum Gasteiger partial charge on any atom is -0.134 e. The van der Waals surface area contributed by atoms with Crippen LogP contribution in [0.1, 0.15) is 32.1 Å². The zero-order valence-electron chi connectivity index (χ0n) is 8.41. The zero-order valence-corrected chi connectivity index (χ0v) is 10.7. The first-order chi connectivity index (χ1) is 6.20. The van der Waals surface area contributed by atoms with E-state index in [0.29, 0.717) is 0 Å². The van der Waals surface area contributed by atoms with Crippen LogP contribution in [0.5, 0.6) is 0 Å². The normalized spacial score (nSPS) is 14.9. The van der Waals surface area contributed by atoms with Crippen LogP contribution in [0.4, 0.5) is 0 Å². The van der Waals surface area contributed by atoms with E-state index in [1.165, 1.54) is 19.3 Å². The Morgan fingerprint density at radius 3 is 1.62 bits per heavy atom. The second-order valence-corrected chi connectivity index (χ2v) is 5.37. The van der Waals surface area contributed by atoms with E-state index in [-0.39, 0.29) is 0 Å². The second-order valence-electron chi connectivity index (χ2n) is 3.49. The molecule has 76 valence electrons. The molecule has 0 radical (unpaired) electrons. The zero-order chi connectivity index (χ0) is 10.1. The van der Waals surface area contributed by atoms with Gasteiger partial charge in [0.2, 0.25) is 0 Å². The topological polar surface area (TPSA) is 0 Å². The highest BCUT2D eigenvalue weighted by atomic mass is 31.0. The summed E-state index contributed by atoms with van der Waals surface area (Å²) in [5.41, 5.74) is 1.48. The number of hydrogen-bond acceptors (Lipinski definition) is 0. The van der Waals surface area contributed by atoms with Gasteiger partial charge < -0.3 is 0 Å². The predicted molar refractivity (Wildman–Crippen MR) is 70.5 cm³/mol. The molecule has 0 aromatic carbocycles. The van der Waals surface area contributed by atoms with E-state index in [9.17, 15) is 0 Å². The Hall–Kier alpha value is 0.340. The molecule has 4 unspecified atom stereocenters. The van der Waals surface area contributed by atoms with Crippen molar-refractivity contribution < 1.29 is 0 Å². The van der Waals surface area contributed by atoms with Gasteiger partial charge in [-0.1, -0.05) is 12.2 Å². The van der Waals surface area contributed by atoms with Crippen LogP contribution in [0.3, 0.4) is 0 Å². The summed E-state index contributed by atoms with van der Waals surface area (Å²) in [7, 11) is 5.86. The van der Waals surface area contributed by atoms with Crippen LogP contribution < -0.4 is 0 Å². The Morgan fingerprint density at radius 2 is 1.31 bits per heavy atom. The molecule has 0 heterocycles. The van der Waals surface area contributed by atoms with Crippen molar-refractivity contribution in [1.82, 2.24) is 0 Å². The molecule has 0 aromatic rings. The maximum atomic E-state index is 3.73. The first-order valence-electron chi connectivity index (χ1n) is 4.93. The van der Waals surface area contributed by atoms with Crippen molar-refractivity contribution in [2.24, 2.45) is 0 Å². The molecule has 0 aromatic heterocycles. The van der Waals surface area contributed by atoms with Crippen molar-refractivity contribution in [1.29, 1.82) is 0 Å². The summed E-state index contributed by atoms with van der Waals surface area (Å²) in [5.74, 6) is 0. The van der Waals surface area contributed by atoms with Gasteiger partial charge in [-0.2, -0.15) is 0 Å². The van der Waals surface area contributed by atoms with Gasteiger partial charge in [0.05, 0.1) is 0 Å². The molecule has 0 nitrogen and oxygen atoms in total. The molecule has 0 amide bonds. The van der Waals surface area contributed by atoms with E-state index in [1.807, 2.05) is 12.2 Å². The molecule has 0 aliphatic carbocycles. The number of rotatable bonds is 8. The molecule has 0 bridgehead atoms. The molecule has 0 spiro atoms. The molecule has 2 heteroatoms. The number of hydrogen-bond donors (Lipinski definition) is 0. The Balaban J connectivity index is 3.45. The molecule has 0 fully saturated rings. The Kier molecular flexibility index (Phi) is 9.15. The van der Waals surface area contributed by atoms with Crippen molar-refractivity contribution in [3.05, 3.63) is 25.3 Å². The van der Waals surface area contributed by atoms with E-state index >= 15 is 0 Å². The first-order valence-corrected chi connectivity index (χ1v) is 6.27. The predicted octanol–water partition coefficient (Wildman–Crippen LogP) is 3.80. The van der Waals surface area contributed by atoms with E-state index in [2.05, 4.69) is 31.6 Å². The van der Waals surface area contributed by atoms with Gasteiger partial charge in [0.15, 0.2) is 0 Å². The van der Waals surface area contributed by atoms with Crippen LogP contribution in [0.25, 0.3) is 0 Å². The third kappa shape index (κ3) is 8.66. The molecule has 0 saturated heterocycles. The highest BCUT2D eigenvalue weighted by Gasteiger charge is 2.07. The van der Waals surface area contributed by atoms with E-state index in [4.69, 9.17) is 0 Å². The van der Waals surface area contributed by atoms with Crippen LogP contribution >= 0.6 is 18.5 Å². The van der Waals surface area contributed by atoms with Gasteiger partial charge in [0, 0.05) is 0 Å². The highest BCUT2D eigenvalue weighted by Crippen LogP contribution is 2.22. The molecule has 0 saturated carbocycles. The fourth-order valence-electron chi connectivity index (χ4n) is 1.29. The first kappa shape index (κ1) is 13.3. The summed E-state index contributed by atoms with van der Waals surface area (Å²) in [6, 6.07) is 0. The van der Waals surface area contributed by atoms with E-state index in [0.717, 1.165) is 24.2 Å². The van der Waals surface area contributed by atoms with Crippen LogP contribution in [-0.2, 0) is 0 Å². The molecule has 0 N–H and O–H groups in total. The molecule has 0 rings (SSSR count). The maximum absolute atomic E-state index is 3.73. The fraction of sp³-hybridized carbons (Fsp3) is 0.636. The van der Waals surface area contributed by atoms with Gasteiger partial charge in [-0.3, -0.25) is 0 Å². The smallest absolute Gasteiger partial charge is 0.0255 e. The van der Waals surface area contributed by atoms with Gasteiger partial charge in [0.25, 0.3) is 0 Å². The van der Waals surface area contributed by atoms with Crippen LogP contribution in [0, 0.1) is 0 Å². The quantitative estimate of drug-likeness (QED) is 0.427. The van der Waals surface area contributed by atoms with E-state index < -0.39 is 0 Å². The second kappa shape index (κ2) is 8.92. The van der Waals surface area contributed by atoms with Crippen molar-refractivity contribution in [2.75, 3.05) is 0 Å². The Morgan fingerprint density at radius 1 is 0.923 bits per heavy atom. The molecule has 0 aliphatic heterocycles. The van der Waals surface area contributed by atoms with Crippen molar-refractivity contribution in [3.8, 4) is 0 Å². The summed E-state index contributed by atoms with van der Waals surface area (Å²) in [6.45, 7) is 7.47. The van der Waals surface area contributed by atoms with Crippen LogP contribution in [-0.4, -0.2) is 11.3 Å². The third-order valence-corrected chi connectivity index (χ3v) is 3.30. The molecular formula is C11H22P2. The van der Waals surface area contributed by atoms with Crippen LogP contribution in [0.2, 0.25) is 0 Å². The van der Waals surface area contributed by atoms with Crippen LogP contribution in [0.15, 0.2) is 25.3 Å². The monoisotopic (exact) mass is 216 g/mol. The van der Waals surface area contributed by atoms with Gasteiger partial charge >= 0.3 is 0 Å². The average molecular weight is 216 g/mol. The summed E-state index contributed by atoms with van der Waals surface area (Å²) in [5, 5.41) is 0. The van der Waals surface area contributed by atoms with Crippen molar-refractivity contribution in [2.45, 2.75) is 43.4 Å². The van der Waals surface area contributed by atoms with Gasteiger partial charge in [0.1, 0.15) is 0 Å². The number of allylic oxidation sites excluding steroid dienone is 2. The van der Waals surface area contributed by atoms with Gasteiger partial charge in [-0.25, -0.2) is 0 Å². The fourth-order valence-corrected chi connectivity index (χ4v) is 2.69. The minimum atomic E-state index is 0.741. The summed E-state index contributed by atoms with van der Waals surface area (Å²) in [4.78, 5) is 0.